The van der Waals surface area contributed by atoms with Gasteiger partial charge in [-0.2, -0.15) is 0 Å². The van der Waals surface area contributed by atoms with Crippen LogP contribution in [0.5, 0.6) is 0 Å². The second-order valence-corrected chi connectivity index (χ2v) is 7.72. The second kappa shape index (κ2) is 7.31. The van der Waals surface area contributed by atoms with E-state index in [2.05, 4.69) is 16.9 Å². The van der Waals surface area contributed by atoms with Gasteiger partial charge in [-0.1, -0.05) is 17.8 Å². The van der Waals surface area contributed by atoms with Crippen LogP contribution in [0.15, 0.2) is 22.6 Å². The largest absolute Gasteiger partial charge is 0.353 e. The average molecular weight is 351 g/mol. The maximum atomic E-state index is 12.8. The normalized spacial score (nSPS) is 11.2. The summed E-state index contributed by atoms with van der Waals surface area (Å²) in [6.45, 7) is 11.8. The van der Waals surface area contributed by atoms with Crippen molar-refractivity contribution in [2.45, 2.75) is 45.4 Å². The molecule has 23 heavy (non-hydrogen) atoms. The van der Waals surface area contributed by atoms with Crippen LogP contribution in [0.1, 0.15) is 24.3 Å². The lowest BCUT2D eigenvalue weighted by atomic mass is 10.2. The zero-order valence-corrected chi connectivity index (χ0v) is 15.4. The molecule has 1 N–H and O–H groups in total. The van der Waals surface area contributed by atoms with Crippen LogP contribution in [-0.2, 0) is 11.3 Å². The van der Waals surface area contributed by atoms with E-state index in [-0.39, 0.29) is 23.3 Å². The Labute approximate surface area is 143 Å². The van der Waals surface area contributed by atoms with E-state index in [1.165, 1.54) is 23.1 Å². The highest BCUT2D eigenvalue weighted by Gasteiger charge is 2.17. The molecule has 7 heteroatoms. The Balaban J connectivity index is 2.42. The van der Waals surface area contributed by atoms with E-state index >= 15 is 0 Å². The van der Waals surface area contributed by atoms with Crippen LogP contribution in [0.25, 0.3) is 10.2 Å². The van der Waals surface area contributed by atoms with Crippen molar-refractivity contribution in [2.24, 2.45) is 0 Å². The quantitative estimate of drug-likeness (QED) is 0.494. The Morgan fingerprint density at radius 3 is 2.78 bits per heavy atom. The SMILES string of the molecule is C=CCn1c(SCC(=O)NC(C)C)nc2sc(C)c(C)c2c1=O. The minimum Gasteiger partial charge on any atom is -0.353 e. The zero-order chi connectivity index (χ0) is 17.1. The number of nitrogens with zero attached hydrogens (tertiary/aromatic N) is 2. The molecule has 0 aliphatic rings. The van der Waals surface area contributed by atoms with Gasteiger partial charge in [-0.3, -0.25) is 14.2 Å². The van der Waals surface area contributed by atoms with Crippen LogP contribution in [0.4, 0.5) is 0 Å². The van der Waals surface area contributed by atoms with Gasteiger partial charge >= 0.3 is 0 Å². The summed E-state index contributed by atoms with van der Waals surface area (Å²) in [6, 6.07) is 0.0940. The number of hydrogen-bond acceptors (Lipinski definition) is 5. The second-order valence-electron chi connectivity index (χ2n) is 5.57. The predicted octanol–water partition coefficient (Wildman–Crippen LogP) is 2.88. The van der Waals surface area contributed by atoms with Crippen LogP contribution in [0.2, 0.25) is 0 Å². The minimum atomic E-state index is -0.0666. The van der Waals surface area contributed by atoms with E-state index in [1.807, 2.05) is 27.7 Å². The summed E-state index contributed by atoms with van der Waals surface area (Å²) in [7, 11) is 0. The molecule has 2 heterocycles. The Bertz CT molecular complexity index is 806. The lowest BCUT2D eigenvalue weighted by molar-refractivity contribution is -0.119. The smallest absolute Gasteiger partial charge is 0.263 e. The van der Waals surface area contributed by atoms with Crippen LogP contribution in [0.3, 0.4) is 0 Å². The summed E-state index contributed by atoms with van der Waals surface area (Å²) >= 11 is 2.79. The van der Waals surface area contributed by atoms with Gasteiger partial charge in [-0.05, 0) is 33.3 Å². The number of allylic oxidation sites excluding steroid dienone is 1. The molecule has 0 spiro atoms. The fraction of sp³-hybridized carbons (Fsp3) is 0.438. The van der Waals surface area contributed by atoms with Crippen molar-refractivity contribution in [2.75, 3.05) is 5.75 Å². The number of amides is 1. The summed E-state index contributed by atoms with van der Waals surface area (Å²) in [5.41, 5.74) is 0.915. The molecule has 0 unspecified atom stereocenters. The fourth-order valence-electron chi connectivity index (χ4n) is 2.20. The van der Waals surface area contributed by atoms with Crippen molar-refractivity contribution in [3.05, 3.63) is 33.4 Å². The van der Waals surface area contributed by atoms with Crippen LogP contribution < -0.4 is 10.9 Å². The fourth-order valence-corrected chi connectivity index (χ4v) is 4.09. The molecule has 0 aliphatic carbocycles. The molecule has 2 rings (SSSR count). The molecule has 0 saturated heterocycles. The van der Waals surface area contributed by atoms with Crippen molar-refractivity contribution >= 4 is 39.2 Å². The first-order valence-electron chi connectivity index (χ1n) is 7.38. The molecule has 0 radical (unpaired) electrons. The molecular formula is C16H21N3O2S2. The van der Waals surface area contributed by atoms with Crippen molar-refractivity contribution in [1.29, 1.82) is 0 Å². The number of carbonyl (C=O) groups is 1. The van der Waals surface area contributed by atoms with Crippen LogP contribution in [0, 0.1) is 13.8 Å². The average Bonchev–Trinajstić information content (AvgIpc) is 2.74. The first kappa shape index (κ1) is 17.7. The molecule has 0 aliphatic heterocycles. The molecule has 2 aromatic heterocycles. The maximum absolute atomic E-state index is 12.8. The molecule has 0 fully saturated rings. The molecule has 0 saturated carbocycles. The number of fused-ring (bicyclic) bond motifs is 1. The monoisotopic (exact) mass is 351 g/mol. The predicted molar refractivity (Wildman–Crippen MR) is 97.6 cm³/mol. The Morgan fingerprint density at radius 2 is 2.17 bits per heavy atom. The van der Waals surface area contributed by atoms with Gasteiger partial charge in [-0.15, -0.1) is 17.9 Å². The highest BCUT2D eigenvalue weighted by Crippen LogP contribution is 2.28. The highest BCUT2D eigenvalue weighted by molar-refractivity contribution is 7.99. The third-order valence-electron chi connectivity index (χ3n) is 3.35. The van der Waals surface area contributed by atoms with E-state index in [0.29, 0.717) is 17.1 Å². The molecule has 0 aromatic carbocycles. The lowest BCUT2D eigenvalue weighted by Gasteiger charge is -2.11. The summed E-state index contributed by atoms with van der Waals surface area (Å²) in [6.07, 6.45) is 1.67. The van der Waals surface area contributed by atoms with Gasteiger partial charge in [0.25, 0.3) is 5.56 Å². The van der Waals surface area contributed by atoms with E-state index < -0.39 is 0 Å². The van der Waals surface area contributed by atoms with Crippen molar-refractivity contribution in [3.63, 3.8) is 0 Å². The maximum Gasteiger partial charge on any atom is 0.263 e. The highest BCUT2D eigenvalue weighted by atomic mass is 32.2. The topological polar surface area (TPSA) is 64.0 Å². The van der Waals surface area contributed by atoms with Gasteiger partial charge in [0.15, 0.2) is 5.16 Å². The minimum absolute atomic E-state index is 0.0662. The Hall–Kier alpha value is -1.60. The third kappa shape index (κ3) is 3.84. The molecule has 2 aromatic rings. The molecular weight excluding hydrogens is 330 g/mol. The first-order valence-corrected chi connectivity index (χ1v) is 9.19. The number of aromatic nitrogens is 2. The van der Waals surface area contributed by atoms with Crippen LogP contribution in [-0.4, -0.2) is 27.3 Å². The number of hydrogen-bond donors (Lipinski definition) is 1. The van der Waals surface area contributed by atoms with Crippen molar-refractivity contribution in [1.82, 2.24) is 14.9 Å². The van der Waals surface area contributed by atoms with E-state index in [9.17, 15) is 9.59 Å². The third-order valence-corrected chi connectivity index (χ3v) is 5.43. The summed E-state index contributed by atoms with van der Waals surface area (Å²) < 4.78 is 1.59. The number of thiophene rings is 1. The standard InChI is InChI=1S/C16H21N3O2S2/c1-6-7-19-15(21)13-10(4)11(5)23-14(13)18-16(19)22-8-12(20)17-9(2)3/h6,9H,1,7-8H2,2-5H3,(H,17,20). The molecule has 1 amide bonds. The number of thioether (sulfide) groups is 1. The Kier molecular flexibility index (Phi) is 5.64. The zero-order valence-electron chi connectivity index (χ0n) is 13.8. The first-order chi connectivity index (χ1) is 10.8. The number of rotatable bonds is 6. The van der Waals surface area contributed by atoms with Gasteiger partial charge in [-0.25, -0.2) is 4.98 Å². The molecule has 0 atom stereocenters. The molecule has 124 valence electrons. The molecule has 5 nitrogen and oxygen atoms in total. The number of aryl methyl sites for hydroxylation is 2. The summed E-state index contributed by atoms with van der Waals surface area (Å²) in [5.74, 6) is 0.166. The van der Waals surface area contributed by atoms with Crippen LogP contribution >= 0.6 is 23.1 Å². The van der Waals surface area contributed by atoms with E-state index in [1.54, 1.807) is 10.6 Å². The number of carbonyl (C=O) groups excluding carboxylic acids is 1. The number of nitrogens with one attached hydrogen (secondary N) is 1. The van der Waals surface area contributed by atoms with Gasteiger partial charge in [0.1, 0.15) is 4.83 Å². The summed E-state index contributed by atoms with van der Waals surface area (Å²) in [4.78, 5) is 31.0. The van der Waals surface area contributed by atoms with Gasteiger partial charge in [0, 0.05) is 17.5 Å². The summed E-state index contributed by atoms with van der Waals surface area (Å²) in [5, 5.41) is 4.07. The van der Waals surface area contributed by atoms with Gasteiger partial charge < -0.3 is 5.32 Å². The van der Waals surface area contributed by atoms with Crippen molar-refractivity contribution < 1.29 is 4.79 Å². The van der Waals surface area contributed by atoms with E-state index in [4.69, 9.17) is 0 Å². The van der Waals surface area contributed by atoms with Gasteiger partial charge in [0.05, 0.1) is 11.1 Å². The molecule has 0 bridgehead atoms. The van der Waals surface area contributed by atoms with Gasteiger partial charge in [0.2, 0.25) is 5.91 Å². The van der Waals surface area contributed by atoms with Crippen molar-refractivity contribution in [3.8, 4) is 0 Å². The lowest BCUT2D eigenvalue weighted by Crippen LogP contribution is -2.32. The Morgan fingerprint density at radius 1 is 1.48 bits per heavy atom. The van der Waals surface area contributed by atoms with E-state index in [0.717, 1.165) is 15.3 Å².